The molecule has 1 heterocycles. The second kappa shape index (κ2) is 5.54. The van der Waals surface area contributed by atoms with Crippen molar-refractivity contribution in [1.82, 2.24) is 4.98 Å². The predicted molar refractivity (Wildman–Crippen MR) is 76.5 cm³/mol. The summed E-state index contributed by atoms with van der Waals surface area (Å²) in [7, 11) is -3.80. The minimum absolute atomic E-state index is 0.0434. The van der Waals surface area contributed by atoms with Crippen LogP contribution in [0, 0.1) is 0 Å². The third-order valence-electron chi connectivity index (χ3n) is 2.16. The van der Waals surface area contributed by atoms with E-state index in [1.165, 1.54) is 36.5 Å². The van der Waals surface area contributed by atoms with Crippen molar-refractivity contribution in [2.45, 2.75) is 4.90 Å². The van der Waals surface area contributed by atoms with Crippen molar-refractivity contribution in [2.75, 3.05) is 4.72 Å². The highest BCUT2D eigenvalue weighted by Crippen LogP contribution is 2.26. The van der Waals surface area contributed by atoms with Gasteiger partial charge in [-0.2, -0.15) is 0 Å². The Morgan fingerprint density at radius 3 is 2.37 bits per heavy atom. The lowest BCUT2D eigenvalue weighted by molar-refractivity contribution is 0.601. The Morgan fingerprint density at radius 1 is 1.05 bits per heavy atom. The summed E-state index contributed by atoms with van der Waals surface area (Å²) in [6.45, 7) is 0. The summed E-state index contributed by atoms with van der Waals surface area (Å²) in [5.74, 6) is 0. The largest absolute Gasteiger partial charge is 0.278 e. The second-order valence-electron chi connectivity index (χ2n) is 3.55. The smallest absolute Gasteiger partial charge is 0.263 e. The summed E-state index contributed by atoms with van der Waals surface area (Å²) in [5.41, 5.74) is 0.287. The minimum Gasteiger partial charge on any atom is -0.278 e. The Labute approximate surface area is 125 Å². The van der Waals surface area contributed by atoms with Gasteiger partial charge in [0.2, 0.25) is 0 Å². The zero-order chi connectivity index (χ0) is 14.0. The van der Waals surface area contributed by atoms with E-state index in [0.29, 0.717) is 5.02 Å². The standard InChI is InChI=1S/C11H7Cl3N2O2S/c12-7-1-3-10(9(13)5-7)19(17,18)16-8-2-4-11(14)15-6-8/h1-6,16H. The van der Waals surface area contributed by atoms with Gasteiger partial charge in [0, 0.05) is 5.02 Å². The number of rotatable bonds is 3. The number of hydrogen-bond acceptors (Lipinski definition) is 3. The van der Waals surface area contributed by atoms with Crippen LogP contribution >= 0.6 is 34.8 Å². The molecular formula is C11H7Cl3N2O2S. The predicted octanol–water partition coefficient (Wildman–Crippen LogP) is 3.84. The first-order valence-corrected chi connectivity index (χ1v) is 7.59. The van der Waals surface area contributed by atoms with Crippen LogP contribution in [-0.2, 0) is 10.0 Å². The lowest BCUT2D eigenvalue weighted by atomic mass is 10.4. The number of halogens is 3. The summed E-state index contributed by atoms with van der Waals surface area (Å²) in [5, 5.41) is 0.673. The number of sulfonamides is 1. The molecule has 100 valence electrons. The number of pyridine rings is 1. The molecular weight excluding hydrogens is 331 g/mol. The maximum absolute atomic E-state index is 12.1. The second-order valence-corrected chi connectivity index (χ2v) is 6.43. The molecule has 0 radical (unpaired) electrons. The number of aromatic nitrogens is 1. The van der Waals surface area contributed by atoms with E-state index in [4.69, 9.17) is 34.8 Å². The lowest BCUT2D eigenvalue weighted by Gasteiger charge is -2.09. The first-order valence-electron chi connectivity index (χ1n) is 4.98. The molecule has 19 heavy (non-hydrogen) atoms. The first-order chi connectivity index (χ1) is 8.88. The van der Waals surface area contributed by atoms with E-state index in [0.717, 1.165) is 0 Å². The van der Waals surface area contributed by atoms with Gasteiger partial charge in [0.25, 0.3) is 10.0 Å². The van der Waals surface area contributed by atoms with Crippen LogP contribution in [0.1, 0.15) is 0 Å². The van der Waals surface area contributed by atoms with Crippen molar-refractivity contribution < 1.29 is 8.42 Å². The van der Waals surface area contributed by atoms with Crippen molar-refractivity contribution >= 4 is 50.5 Å². The fraction of sp³-hybridized carbons (Fsp3) is 0. The molecule has 0 aliphatic heterocycles. The van der Waals surface area contributed by atoms with Crippen molar-refractivity contribution in [3.63, 3.8) is 0 Å². The van der Waals surface area contributed by atoms with Gasteiger partial charge >= 0.3 is 0 Å². The Morgan fingerprint density at radius 2 is 1.79 bits per heavy atom. The molecule has 0 amide bonds. The molecule has 0 aliphatic carbocycles. The van der Waals surface area contributed by atoms with Gasteiger partial charge in [-0.25, -0.2) is 13.4 Å². The van der Waals surface area contributed by atoms with Crippen molar-refractivity contribution in [2.24, 2.45) is 0 Å². The number of nitrogens with one attached hydrogen (secondary N) is 1. The van der Waals surface area contributed by atoms with Crippen LogP contribution in [0.3, 0.4) is 0 Å². The zero-order valence-corrected chi connectivity index (χ0v) is 12.4. The van der Waals surface area contributed by atoms with Crippen LogP contribution in [0.25, 0.3) is 0 Å². The summed E-state index contributed by atoms with van der Waals surface area (Å²) >= 11 is 17.2. The van der Waals surface area contributed by atoms with E-state index in [1.54, 1.807) is 0 Å². The number of hydrogen-bond donors (Lipinski definition) is 1. The SMILES string of the molecule is O=S(=O)(Nc1ccc(Cl)nc1)c1ccc(Cl)cc1Cl. The molecule has 0 fully saturated rings. The molecule has 0 unspecified atom stereocenters. The molecule has 1 aromatic heterocycles. The maximum Gasteiger partial charge on any atom is 0.263 e. The van der Waals surface area contributed by atoms with Crippen molar-refractivity contribution in [1.29, 1.82) is 0 Å². The molecule has 0 saturated carbocycles. The Hall–Kier alpha value is -1.01. The first kappa shape index (κ1) is 14.4. The molecule has 0 bridgehead atoms. The van der Waals surface area contributed by atoms with Crippen LogP contribution in [-0.4, -0.2) is 13.4 Å². The Bertz CT molecular complexity index is 702. The van der Waals surface area contributed by atoms with E-state index in [-0.39, 0.29) is 20.8 Å². The monoisotopic (exact) mass is 336 g/mol. The van der Waals surface area contributed by atoms with Gasteiger partial charge in [-0.15, -0.1) is 0 Å². The van der Waals surface area contributed by atoms with E-state index in [2.05, 4.69) is 9.71 Å². The van der Waals surface area contributed by atoms with Gasteiger partial charge in [0.1, 0.15) is 10.0 Å². The molecule has 1 aromatic carbocycles. The van der Waals surface area contributed by atoms with Gasteiger partial charge in [-0.05, 0) is 30.3 Å². The van der Waals surface area contributed by atoms with E-state index in [1.807, 2.05) is 0 Å². The van der Waals surface area contributed by atoms with Gasteiger partial charge in [0.15, 0.2) is 0 Å². The van der Waals surface area contributed by atoms with Crippen LogP contribution in [0.2, 0.25) is 15.2 Å². The molecule has 8 heteroatoms. The highest BCUT2D eigenvalue weighted by atomic mass is 35.5. The van der Waals surface area contributed by atoms with Gasteiger partial charge < -0.3 is 0 Å². The molecule has 1 N–H and O–H groups in total. The molecule has 0 atom stereocenters. The average molecular weight is 338 g/mol. The number of anilines is 1. The fourth-order valence-corrected chi connectivity index (χ4v) is 3.27. The molecule has 4 nitrogen and oxygen atoms in total. The van der Waals surface area contributed by atoms with E-state index in [9.17, 15) is 8.42 Å². The molecule has 2 rings (SSSR count). The van der Waals surface area contributed by atoms with E-state index < -0.39 is 10.0 Å². The lowest BCUT2D eigenvalue weighted by Crippen LogP contribution is -2.13. The minimum atomic E-state index is -3.80. The molecule has 2 aromatic rings. The summed E-state index contributed by atoms with van der Waals surface area (Å²) in [6.07, 6.45) is 1.31. The quantitative estimate of drug-likeness (QED) is 0.866. The van der Waals surface area contributed by atoms with Gasteiger partial charge in [-0.1, -0.05) is 34.8 Å². The average Bonchev–Trinajstić information content (AvgIpc) is 2.31. The van der Waals surface area contributed by atoms with Gasteiger partial charge in [0.05, 0.1) is 16.9 Å². The molecule has 0 aliphatic rings. The van der Waals surface area contributed by atoms with Crippen molar-refractivity contribution in [3.8, 4) is 0 Å². The topological polar surface area (TPSA) is 59.1 Å². The van der Waals surface area contributed by atoms with Crippen molar-refractivity contribution in [3.05, 3.63) is 51.7 Å². The van der Waals surface area contributed by atoms with Crippen LogP contribution in [0.5, 0.6) is 0 Å². The summed E-state index contributed by atoms with van der Waals surface area (Å²) in [6, 6.07) is 7.11. The van der Waals surface area contributed by atoms with Gasteiger partial charge in [-0.3, -0.25) is 4.72 Å². The maximum atomic E-state index is 12.1. The number of benzene rings is 1. The molecule has 0 saturated heterocycles. The van der Waals surface area contributed by atoms with Crippen LogP contribution < -0.4 is 4.72 Å². The fourth-order valence-electron chi connectivity index (χ4n) is 1.34. The highest BCUT2D eigenvalue weighted by molar-refractivity contribution is 7.92. The Kier molecular flexibility index (Phi) is 4.20. The number of nitrogens with zero attached hydrogens (tertiary/aromatic N) is 1. The Balaban J connectivity index is 2.35. The zero-order valence-electron chi connectivity index (χ0n) is 9.27. The van der Waals surface area contributed by atoms with Crippen LogP contribution in [0.15, 0.2) is 41.4 Å². The van der Waals surface area contributed by atoms with E-state index >= 15 is 0 Å². The highest BCUT2D eigenvalue weighted by Gasteiger charge is 2.18. The summed E-state index contributed by atoms with van der Waals surface area (Å²) in [4.78, 5) is 3.72. The third-order valence-corrected chi connectivity index (χ3v) is 4.49. The molecule has 0 spiro atoms. The normalized spacial score (nSPS) is 11.3. The third kappa shape index (κ3) is 3.51. The van der Waals surface area contributed by atoms with Crippen LogP contribution in [0.4, 0.5) is 5.69 Å². The summed E-state index contributed by atoms with van der Waals surface area (Å²) < 4.78 is 26.6.